The summed E-state index contributed by atoms with van der Waals surface area (Å²) in [7, 11) is 0. The Bertz CT molecular complexity index is 893. The zero-order valence-corrected chi connectivity index (χ0v) is 16.8. The average Bonchev–Trinajstić information content (AvgIpc) is 3.28. The Morgan fingerprint density at radius 1 is 1.16 bits per heavy atom. The summed E-state index contributed by atoms with van der Waals surface area (Å²) in [4.78, 5) is 40.3. The molecule has 2 heterocycles. The molecule has 2 saturated heterocycles. The van der Waals surface area contributed by atoms with Gasteiger partial charge in [0.2, 0.25) is 5.91 Å². The van der Waals surface area contributed by atoms with Crippen molar-refractivity contribution >= 4 is 29.2 Å². The number of rotatable bonds is 4. The van der Waals surface area contributed by atoms with Crippen LogP contribution in [-0.4, -0.2) is 61.1 Å². The van der Waals surface area contributed by atoms with Crippen LogP contribution in [0.2, 0.25) is 0 Å². The number of hydrogen-bond acceptors (Lipinski definition) is 5. The molecule has 1 aromatic carbocycles. The molecule has 11 heteroatoms. The highest BCUT2D eigenvalue weighted by molar-refractivity contribution is 6.10. The first-order valence-corrected chi connectivity index (χ1v) is 10.2. The van der Waals surface area contributed by atoms with Crippen LogP contribution in [0.3, 0.4) is 0 Å². The predicted octanol–water partition coefficient (Wildman–Crippen LogP) is 2.35. The van der Waals surface area contributed by atoms with Gasteiger partial charge in [-0.2, -0.15) is 13.2 Å². The standard InChI is InChI=1S/C20H23F3N4O4/c21-20(22,23)13-3-4-15(26-7-9-31-10-8-26)14(11-13)24-16(28)12-27-17(29)19(25-18(27)30)5-1-2-6-19/h3-4,11H,1-2,5-10,12H2,(H,24,28)(H,25,30). The second kappa shape index (κ2) is 8.03. The summed E-state index contributed by atoms with van der Waals surface area (Å²) < 4.78 is 45.0. The van der Waals surface area contributed by atoms with Crippen molar-refractivity contribution in [3.63, 3.8) is 0 Å². The first kappa shape index (κ1) is 21.4. The van der Waals surface area contributed by atoms with E-state index in [2.05, 4.69) is 10.6 Å². The number of urea groups is 1. The number of carbonyl (C=O) groups excluding carboxylic acids is 3. The molecule has 0 aromatic heterocycles. The fourth-order valence-electron chi connectivity index (χ4n) is 4.36. The summed E-state index contributed by atoms with van der Waals surface area (Å²) in [5.41, 5.74) is -1.45. The smallest absolute Gasteiger partial charge is 0.378 e. The van der Waals surface area contributed by atoms with Crippen molar-refractivity contribution in [2.24, 2.45) is 0 Å². The molecule has 0 unspecified atom stereocenters. The Morgan fingerprint density at radius 2 is 1.84 bits per heavy atom. The van der Waals surface area contributed by atoms with Crippen molar-refractivity contribution in [1.82, 2.24) is 10.2 Å². The summed E-state index contributed by atoms with van der Waals surface area (Å²) in [6.45, 7) is 1.19. The number of carbonyl (C=O) groups is 3. The molecule has 8 nitrogen and oxygen atoms in total. The second-order valence-corrected chi connectivity index (χ2v) is 7.99. The molecule has 3 fully saturated rings. The summed E-state index contributed by atoms with van der Waals surface area (Å²) in [6.07, 6.45) is -1.93. The van der Waals surface area contributed by atoms with Gasteiger partial charge < -0.3 is 20.3 Å². The number of morpholine rings is 1. The Hall–Kier alpha value is -2.82. The number of halogens is 3. The van der Waals surface area contributed by atoms with Gasteiger partial charge >= 0.3 is 12.2 Å². The number of nitrogens with one attached hydrogen (secondary N) is 2. The van der Waals surface area contributed by atoms with Gasteiger partial charge in [-0.15, -0.1) is 0 Å². The largest absolute Gasteiger partial charge is 0.416 e. The van der Waals surface area contributed by atoms with E-state index in [1.165, 1.54) is 6.07 Å². The third-order valence-corrected chi connectivity index (χ3v) is 5.95. The highest BCUT2D eigenvalue weighted by Gasteiger charge is 2.52. The van der Waals surface area contributed by atoms with Crippen molar-refractivity contribution in [2.75, 3.05) is 43.1 Å². The topological polar surface area (TPSA) is 91.0 Å². The maximum Gasteiger partial charge on any atom is 0.416 e. The molecule has 4 amide bonds. The molecular formula is C20H23F3N4O4. The Balaban J connectivity index is 1.53. The number of anilines is 2. The molecule has 1 spiro atoms. The van der Waals surface area contributed by atoms with Crippen molar-refractivity contribution in [1.29, 1.82) is 0 Å². The molecular weight excluding hydrogens is 417 g/mol. The van der Waals surface area contributed by atoms with E-state index in [4.69, 9.17) is 4.74 Å². The monoisotopic (exact) mass is 440 g/mol. The van der Waals surface area contributed by atoms with Gasteiger partial charge in [0.25, 0.3) is 5.91 Å². The highest BCUT2D eigenvalue weighted by atomic mass is 19.4. The number of benzene rings is 1. The minimum Gasteiger partial charge on any atom is -0.378 e. The minimum absolute atomic E-state index is 0.0237. The Kier molecular flexibility index (Phi) is 5.54. The van der Waals surface area contributed by atoms with Gasteiger partial charge in [-0.1, -0.05) is 12.8 Å². The van der Waals surface area contributed by atoms with E-state index in [9.17, 15) is 27.6 Å². The molecule has 168 valence electrons. The van der Waals surface area contributed by atoms with Gasteiger partial charge in [-0.05, 0) is 31.0 Å². The Labute approximate surface area is 176 Å². The van der Waals surface area contributed by atoms with E-state index in [0.717, 1.165) is 29.9 Å². The summed E-state index contributed by atoms with van der Waals surface area (Å²) in [5.74, 6) is -1.20. The summed E-state index contributed by atoms with van der Waals surface area (Å²) >= 11 is 0. The van der Waals surface area contributed by atoms with E-state index in [0.29, 0.717) is 44.8 Å². The van der Waals surface area contributed by atoms with Crippen LogP contribution in [0.15, 0.2) is 18.2 Å². The van der Waals surface area contributed by atoms with Gasteiger partial charge in [0.05, 0.1) is 30.2 Å². The fourth-order valence-corrected chi connectivity index (χ4v) is 4.36. The highest BCUT2D eigenvalue weighted by Crippen LogP contribution is 2.37. The number of imide groups is 1. The van der Waals surface area contributed by atoms with Gasteiger partial charge in [-0.25, -0.2) is 4.79 Å². The summed E-state index contributed by atoms with van der Waals surface area (Å²) in [5, 5.41) is 5.15. The van der Waals surface area contributed by atoms with Crippen LogP contribution >= 0.6 is 0 Å². The molecule has 0 atom stereocenters. The van der Waals surface area contributed by atoms with Crippen molar-refractivity contribution in [2.45, 2.75) is 37.4 Å². The first-order valence-electron chi connectivity index (χ1n) is 10.2. The van der Waals surface area contributed by atoms with Gasteiger partial charge in [0.15, 0.2) is 0 Å². The maximum absolute atomic E-state index is 13.2. The minimum atomic E-state index is -4.58. The van der Waals surface area contributed by atoms with Crippen molar-refractivity contribution in [3.8, 4) is 0 Å². The molecule has 2 N–H and O–H groups in total. The molecule has 31 heavy (non-hydrogen) atoms. The van der Waals surface area contributed by atoms with Gasteiger partial charge in [-0.3, -0.25) is 14.5 Å². The van der Waals surface area contributed by atoms with Crippen LogP contribution in [0.1, 0.15) is 31.2 Å². The number of nitrogens with zero attached hydrogens (tertiary/aromatic N) is 2. The molecule has 2 aliphatic heterocycles. The predicted molar refractivity (Wildman–Crippen MR) is 105 cm³/mol. The lowest BCUT2D eigenvalue weighted by Crippen LogP contribution is -2.44. The quantitative estimate of drug-likeness (QED) is 0.702. The molecule has 0 radical (unpaired) electrons. The average molecular weight is 440 g/mol. The van der Waals surface area contributed by atoms with Crippen LogP contribution in [-0.2, 0) is 20.5 Å². The number of ether oxygens (including phenoxy) is 1. The van der Waals surface area contributed by atoms with Crippen LogP contribution in [0.25, 0.3) is 0 Å². The van der Waals surface area contributed by atoms with Crippen LogP contribution in [0.4, 0.5) is 29.3 Å². The zero-order chi connectivity index (χ0) is 22.2. The third-order valence-electron chi connectivity index (χ3n) is 5.95. The molecule has 4 rings (SSSR count). The normalized spacial score (nSPS) is 21.0. The SMILES string of the molecule is O=C(CN1C(=O)NC2(CCCC2)C1=O)Nc1cc(C(F)(F)F)ccc1N1CCOCC1. The van der Waals surface area contributed by atoms with Gasteiger partial charge in [0, 0.05) is 13.1 Å². The lowest BCUT2D eigenvalue weighted by atomic mass is 9.98. The van der Waals surface area contributed by atoms with Crippen molar-refractivity contribution < 1.29 is 32.3 Å². The van der Waals surface area contributed by atoms with Crippen LogP contribution < -0.4 is 15.5 Å². The fraction of sp³-hybridized carbons (Fsp3) is 0.550. The van der Waals surface area contributed by atoms with E-state index in [-0.39, 0.29) is 5.69 Å². The Morgan fingerprint density at radius 3 is 2.48 bits per heavy atom. The molecule has 1 aromatic rings. The van der Waals surface area contributed by atoms with Gasteiger partial charge in [0.1, 0.15) is 12.1 Å². The maximum atomic E-state index is 13.2. The van der Waals surface area contributed by atoms with E-state index in [1.807, 2.05) is 4.90 Å². The molecule has 1 saturated carbocycles. The molecule has 3 aliphatic rings. The van der Waals surface area contributed by atoms with E-state index < -0.39 is 41.7 Å². The third kappa shape index (κ3) is 4.18. The first-order chi connectivity index (χ1) is 14.7. The number of amides is 4. The molecule has 1 aliphatic carbocycles. The van der Waals surface area contributed by atoms with Crippen molar-refractivity contribution in [3.05, 3.63) is 23.8 Å². The zero-order valence-electron chi connectivity index (χ0n) is 16.8. The lowest BCUT2D eigenvalue weighted by molar-refractivity contribution is -0.137. The number of alkyl halides is 3. The second-order valence-electron chi connectivity index (χ2n) is 7.99. The molecule has 0 bridgehead atoms. The lowest BCUT2D eigenvalue weighted by Gasteiger charge is -2.31. The number of hydrogen-bond donors (Lipinski definition) is 2. The van der Waals surface area contributed by atoms with Crippen LogP contribution in [0.5, 0.6) is 0 Å². The summed E-state index contributed by atoms with van der Waals surface area (Å²) in [6, 6.07) is 2.49. The van der Waals surface area contributed by atoms with E-state index >= 15 is 0 Å². The van der Waals surface area contributed by atoms with E-state index in [1.54, 1.807) is 0 Å². The van der Waals surface area contributed by atoms with Crippen LogP contribution in [0, 0.1) is 0 Å².